The molecule has 0 heterocycles. The number of hydrogen-bond acceptors (Lipinski definition) is 4. The molecule has 29 heavy (non-hydrogen) atoms. The lowest BCUT2D eigenvalue weighted by Crippen LogP contribution is -2.41. The highest BCUT2D eigenvalue weighted by atomic mass is 127. The average Bonchev–Trinajstić information content (AvgIpc) is 2.73. The van der Waals surface area contributed by atoms with Crippen molar-refractivity contribution in [2.75, 3.05) is 33.1 Å². The second-order valence-corrected chi connectivity index (χ2v) is 5.74. The second-order valence-electron chi connectivity index (χ2n) is 5.74. The maximum absolute atomic E-state index is 12.1. The standard InChI is InChI=1S/C21H24N4O3.HI/c1-5-15-7-6-8-17(11-15)25-20(26)14-24-21(22-2)23-13-16-9-10-18(27-3)19(12-16)28-4;/h1,6-12H,13-14H2,2-4H3,(H,25,26)(H2,22,23,24);1H. The van der Waals surface area contributed by atoms with Crippen molar-refractivity contribution in [3.05, 3.63) is 53.6 Å². The van der Waals surface area contributed by atoms with Gasteiger partial charge in [0.2, 0.25) is 5.91 Å². The van der Waals surface area contributed by atoms with E-state index in [0.29, 0.717) is 35.3 Å². The van der Waals surface area contributed by atoms with E-state index in [2.05, 4.69) is 26.9 Å². The van der Waals surface area contributed by atoms with E-state index < -0.39 is 0 Å². The number of guanidine groups is 1. The van der Waals surface area contributed by atoms with Crippen LogP contribution in [0.15, 0.2) is 47.5 Å². The third-order valence-corrected chi connectivity index (χ3v) is 3.86. The number of ether oxygens (including phenoxy) is 2. The summed E-state index contributed by atoms with van der Waals surface area (Å²) >= 11 is 0. The molecule has 0 atom stereocenters. The van der Waals surface area contributed by atoms with Crippen molar-refractivity contribution < 1.29 is 14.3 Å². The smallest absolute Gasteiger partial charge is 0.243 e. The summed E-state index contributed by atoms with van der Waals surface area (Å²) in [5.74, 6) is 4.15. The predicted molar refractivity (Wildman–Crippen MR) is 126 cm³/mol. The van der Waals surface area contributed by atoms with Crippen molar-refractivity contribution in [3.63, 3.8) is 0 Å². The molecule has 1 amide bonds. The van der Waals surface area contributed by atoms with Crippen molar-refractivity contribution in [1.82, 2.24) is 10.6 Å². The molecule has 0 aliphatic carbocycles. The highest BCUT2D eigenvalue weighted by molar-refractivity contribution is 14.0. The van der Waals surface area contributed by atoms with Crippen molar-refractivity contribution in [1.29, 1.82) is 0 Å². The zero-order valence-electron chi connectivity index (χ0n) is 16.6. The molecule has 0 aliphatic heterocycles. The number of hydrogen-bond donors (Lipinski definition) is 3. The first kappa shape index (κ1) is 24.1. The van der Waals surface area contributed by atoms with Crippen LogP contribution in [-0.4, -0.2) is 39.7 Å². The zero-order valence-corrected chi connectivity index (χ0v) is 18.9. The fraction of sp³-hybridized carbons (Fsp3) is 0.238. The molecule has 7 nitrogen and oxygen atoms in total. The Morgan fingerprint density at radius 1 is 1.10 bits per heavy atom. The van der Waals surface area contributed by atoms with Gasteiger partial charge in [-0.2, -0.15) is 0 Å². The Kier molecular flexibility index (Phi) is 10.4. The number of aliphatic imine (C=N–C) groups is 1. The number of nitrogens with one attached hydrogen (secondary N) is 3. The molecule has 0 saturated heterocycles. The van der Waals surface area contributed by atoms with Gasteiger partial charge in [-0.3, -0.25) is 9.79 Å². The fourth-order valence-electron chi connectivity index (χ4n) is 2.45. The van der Waals surface area contributed by atoms with Crippen LogP contribution in [-0.2, 0) is 11.3 Å². The van der Waals surface area contributed by atoms with Gasteiger partial charge < -0.3 is 25.4 Å². The third kappa shape index (κ3) is 7.54. The van der Waals surface area contributed by atoms with Crippen LogP contribution in [0.3, 0.4) is 0 Å². The van der Waals surface area contributed by atoms with E-state index in [0.717, 1.165) is 5.56 Å². The largest absolute Gasteiger partial charge is 0.493 e. The predicted octanol–water partition coefficient (Wildman–Crippen LogP) is 2.61. The van der Waals surface area contributed by atoms with Crippen LogP contribution < -0.4 is 25.4 Å². The number of methoxy groups -OCH3 is 2. The number of carbonyl (C=O) groups excluding carboxylic acids is 1. The molecule has 0 aliphatic rings. The van der Waals surface area contributed by atoms with E-state index in [1.54, 1.807) is 45.5 Å². The first-order chi connectivity index (χ1) is 13.6. The van der Waals surface area contributed by atoms with Crippen LogP contribution in [0.4, 0.5) is 5.69 Å². The minimum atomic E-state index is -0.205. The molecule has 8 heteroatoms. The molecule has 0 unspecified atom stereocenters. The summed E-state index contributed by atoms with van der Waals surface area (Å²) in [6.07, 6.45) is 5.37. The Labute approximate surface area is 188 Å². The van der Waals surface area contributed by atoms with Gasteiger partial charge in [-0.1, -0.05) is 18.1 Å². The van der Waals surface area contributed by atoms with E-state index in [-0.39, 0.29) is 36.4 Å². The topological polar surface area (TPSA) is 84.0 Å². The fourth-order valence-corrected chi connectivity index (χ4v) is 2.45. The Balaban J connectivity index is 0.00000420. The number of amides is 1. The summed E-state index contributed by atoms with van der Waals surface area (Å²) in [4.78, 5) is 16.2. The molecule has 0 aromatic heterocycles. The highest BCUT2D eigenvalue weighted by Crippen LogP contribution is 2.27. The number of rotatable bonds is 7. The first-order valence-electron chi connectivity index (χ1n) is 8.61. The van der Waals surface area contributed by atoms with Crippen molar-refractivity contribution in [3.8, 4) is 23.8 Å². The molecule has 0 radical (unpaired) electrons. The number of benzene rings is 2. The number of carbonyl (C=O) groups is 1. The molecule has 2 rings (SSSR count). The van der Waals surface area contributed by atoms with Crippen molar-refractivity contribution in [2.24, 2.45) is 4.99 Å². The van der Waals surface area contributed by atoms with Gasteiger partial charge in [0, 0.05) is 24.8 Å². The lowest BCUT2D eigenvalue weighted by atomic mass is 10.2. The minimum Gasteiger partial charge on any atom is -0.493 e. The third-order valence-electron chi connectivity index (χ3n) is 3.86. The Morgan fingerprint density at radius 2 is 1.86 bits per heavy atom. The molecule has 0 saturated carbocycles. The maximum Gasteiger partial charge on any atom is 0.243 e. The summed E-state index contributed by atoms with van der Waals surface area (Å²) in [5.41, 5.74) is 2.34. The van der Waals surface area contributed by atoms with Gasteiger partial charge in [0.25, 0.3) is 0 Å². The number of anilines is 1. The minimum absolute atomic E-state index is 0. The van der Waals surface area contributed by atoms with Gasteiger partial charge in [-0.25, -0.2) is 0 Å². The molecular formula is C21H25IN4O3. The quantitative estimate of drug-likeness (QED) is 0.232. The van der Waals surface area contributed by atoms with Gasteiger partial charge in [-0.05, 0) is 35.9 Å². The normalized spacial score (nSPS) is 10.2. The molecular weight excluding hydrogens is 483 g/mol. The van der Waals surface area contributed by atoms with E-state index in [9.17, 15) is 4.79 Å². The van der Waals surface area contributed by atoms with Crippen LogP contribution in [0.2, 0.25) is 0 Å². The Morgan fingerprint density at radius 3 is 2.52 bits per heavy atom. The molecule has 0 bridgehead atoms. The molecule has 3 N–H and O–H groups in total. The van der Waals surface area contributed by atoms with Gasteiger partial charge in [-0.15, -0.1) is 30.4 Å². The van der Waals surface area contributed by atoms with E-state index in [1.165, 1.54) is 0 Å². The maximum atomic E-state index is 12.1. The zero-order chi connectivity index (χ0) is 20.4. The number of terminal acetylenes is 1. The van der Waals surface area contributed by atoms with Gasteiger partial charge in [0.15, 0.2) is 17.5 Å². The van der Waals surface area contributed by atoms with E-state index in [4.69, 9.17) is 15.9 Å². The van der Waals surface area contributed by atoms with Crippen LogP contribution >= 0.6 is 24.0 Å². The summed E-state index contributed by atoms with van der Waals surface area (Å²) in [5, 5.41) is 8.91. The Bertz CT molecular complexity index is 894. The number of halogens is 1. The van der Waals surface area contributed by atoms with Crippen LogP contribution in [0.1, 0.15) is 11.1 Å². The average molecular weight is 508 g/mol. The Hall–Kier alpha value is -2.93. The highest BCUT2D eigenvalue weighted by Gasteiger charge is 2.07. The molecule has 2 aromatic rings. The van der Waals surface area contributed by atoms with Crippen molar-refractivity contribution >= 4 is 41.5 Å². The monoisotopic (exact) mass is 508 g/mol. The molecule has 0 fully saturated rings. The SMILES string of the molecule is C#Cc1cccc(NC(=O)CNC(=NC)NCc2ccc(OC)c(OC)c2)c1.I. The lowest BCUT2D eigenvalue weighted by Gasteiger charge is -2.13. The van der Waals surface area contributed by atoms with Gasteiger partial charge >= 0.3 is 0 Å². The van der Waals surface area contributed by atoms with E-state index >= 15 is 0 Å². The van der Waals surface area contributed by atoms with Crippen LogP contribution in [0.25, 0.3) is 0 Å². The van der Waals surface area contributed by atoms with Crippen LogP contribution in [0, 0.1) is 12.3 Å². The lowest BCUT2D eigenvalue weighted by molar-refractivity contribution is -0.115. The summed E-state index contributed by atoms with van der Waals surface area (Å²) < 4.78 is 10.5. The summed E-state index contributed by atoms with van der Waals surface area (Å²) in [7, 11) is 4.82. The number of nitrogens with zero attached hydrogens (tertiary/aromatic N) is 1. The van der Waals surface area contributed by atoms with Crippen molar-refractivity contribution in [2.45, 2.75) is 6.54 Å². The van der Waals surface area contributed by atoms with Gasteiger partial charge in [0.1, 0.15) is 0 Å². The second kappa shape index (κ2) is 12.5. The molecule has 154 valence electrons. The van der Waals surface area contributed by atoms with Crippen LogP contribution in [0.5, 0.6) is 11.5 Å². The summed E-state index contributed by atoms with van der Waals surface area (Å²) in [6, 6.07) is 12.8. The molecule has 2 aromatic carbocycles. The van der Waals surface area contributed by atoms with E-state index in [1.807, 2.05) is 18.2 Å². The molecule has 0 spiro atoms. The first-order valence-corrected chi connectivity index (χ1v) is 8.61. The summed E-state index contributed by atoms with van der Waals surface area (Å²) in [6.45, 7) is 0.567. The van der Waals surface area contributed by atoms with Gasteiger partial charge in [0.05, 0.1) is 20.8 Å².